The number of rotatable bonds is 5. The van der Waals surface area contributed by atoms with E-state index in [0.717, 1.165) is 28.9 Å². The van der Waals surface area contributed by atoms with Gasteiger partial charge in [0.05, 0.1) is 12.4 Å². The normalized spacial score (nSPS) is 13.9. The van der Waals surface area contributed by atoms with E-state index in [0.29, 0.717) is 0 Å². The molecule has 0 amide bonds. The number of benzene rings is 4. The third-order valence-corrected chi connectivity index (χ3v) is 10.9. The number of pyridine rings is 1. The molecule has 0 radical (unpaired) electrons. The topological polar surface area (TPSA) is 28.6 Å². The Balaban J connectivity index is 1.19. The van der Waals surface area contributed by atoms with Gasteiger partial charge in [-0.15, -0.1) is 11.3 Å². The molecule has 228 valence electrons. The maximum Gasteiger partial charge on any atom is 0.182 e. The van der Waals surface area contributed by atoms with Gasteiger partial charge in [0.25, 0.3) is 0 Å². The van der Waals surface area contributed by atoms with Crippen LogP contribution in [-0.2, 0) is 5.41 Å². The molecule has 7 aromatic rings. The van der Waals surface area contributed by atoms with Crippen LogP contribution in [0.2, 0.25) is 0 Å². The molecule has 0 fully saturated rings. The Bertz CT molecular complexity index is 2290. The van der Waals surface area contributed by atoms with Crippen LogP contribution in [0.1, 0.15) is 40.2 Å². The molecule has 4 nitrogen and oxygen atoms in total. The van der Waals surface area contributed by atoms with E-state index >= 15 is 0 Å². The van der Waals surface area contributed by atoms with E-state index in [1.807, 2.05) is 12.3 Å². The van der Waals surface area contributed by atoms with Gasteiger partial charge in [0.15, 0.2) is 5.06 Å². The predicted octanol–water partition coefficient (Wildman–Crippen LogP) is 12.0. The predicted molar refractivity (Wildman–Crippen MR) is 198 cm³/mol. The number of hydrogen-bond acceptors (Lipinski definition) is 6. The fourth-order valence-electron chi connectivity index (χ4n) is 6.43. The van der Waals surface area contributed by atoms with Crippen molar-refractivity contribution >= 4 is 65.0 Å². The zero-order chi connectivity index (χ0) is 31.6. The Hall–Kier alpha value is -4.65. The molecule has 4 aromatic carbocycles. The lowest BCUT2D eigenvalue weighted by atomic mass is 9.86. The second kappa shape index (κ2) is 11.0. The smallest absolute Gasteiger partial charge is 0.182 e. The fourth-order valence-corrected chi connectivity index (χ4v) is 8.23. The highest BCUT2D eigenvalue weighted by Gasteiger charge is 2.26. The average molecular weight is 638 g/mol. The lowest BCUT2D eigenvalue weighted by Crippen LogP contribution is -2.26. The van der Waals surface area contributed by atoms with Crippen molar-refractivity contribution in [3.8, 4) is 22.1 Å². The molecule has 0 aliphatic carbocycles. The molecule has 8 rings (SSSR count). The van der Waals surface area contributed by atoms with Crippen LogP contribution in [0.5, 0.6) is 10.8 Å². The highest BCUT2D eigenvalue weighted by atomic mass is 32.1. The first-order chi connectivity index (χ1) is 22.2. The summed E-state index contributed by atoms with van der Waals surface area (Å²) in [7, 11) is 0. The summed E-state index contributed by atoms with van der Waals surface area (Å²) in [5, 5.41) is 7.93. The molecule has 0 saturated heterocycles. The number of anilines is 2. The lowest BCUT2D eigenvalue weighted by molar-refractivity contribution is 0.497. The molecule has 0 bridgehead atoms. The van der Waals surface area contributed by atoms with Gasteiger partial charge in [-0.2, -0.15) is 0 Å². The van der Waals surface area contributed by atoms with Crippen LogP contribution in [-0.4, -0.2) is 11.7 Å². The van der Waals surface area contributed by atoms with Crippen molar-refractivity contribution in [2.75, 3.05) is 16.5 Å². The first-order valence-corrected chi connectivity index (χ1v) is 17.3. The van der Waals surface area contributed by atoms with Gasteiger partial charge in [-0.1, -0.05) is 56.4 Å². The lowest BCUT2D eigenvalue weighted by Gasteiger charge is -2.24. The molecule has 0 saturated carbocycles. The first-order valence-electron chi connectivity index (χ1n) is 15.6. The van der Waals surface area contributed by atoms with Gasteiger partial charge in [-0.05, 0) is 107 Å². The van der Waals surface area contributed by atoms with E-state index in [1.54, 1.807) is 22.7 Å². The third-order valence-electron chi connectivity index (χ3n) is 9.10. The van der Waals surface area contributed by atoms with Gasteiger partial charge < -0.3 is 14.5 Å². The monoisotopic (exact) mass is 637 g/mol. The Kier molecular flexibility index (Phi) is 6.89. The number of ether oxygens (including phenoxy) is 1. The van der Waals surface area contributed by atoms with Gasteiger partial charge in [0, 0.05) is 61.4 Å². The van der Waals surface area contributed by atoms with Gasteiger partial charge in [-0.3, -0.25) is 4.98 Å². The van der Waals surface area contributed by atoms with Crippen LogP contribution in [0.25, 0.3) is 42.2 Å². The number of aromatic nitrogens is 1. The summed E-state index contributed by atoms with van der Waals surface area (Å²) < 4.78 is 9.12. The molecule has 4 heterocycles. The van der Waals surface area contributed by atoms with Crippen LogP contribution >= 0.6 is 22.7 Å². The molecule has 3 aromatic heterocycles. The number of thiophene rings is 2. The zero-order valence-electron chi connectivity index (χ0n) is 26.7. The largest absolute Gasteiger partial charge is 0.447 e. The number of hydrogen-bond donors (Lipinski definition) is 0. The second-order valence-electron chi connectivity index (χ2n) is 13.0. The maximum absolute atomic E-state index is 6.64. The minimum Gasteiger partial charge on any atom is -0.447 e. The molecular weight excluding hydrogens is 603 g/mol. The second-order valence-corrected chi connectivity index (χ2v) is 15.0. The van der Waals surface area contributed by atoms with E-state index < -0.39 is 0 Å². The minimum atomic E-state index is 0.0237. The van der Waals surface area contributed by atoms with Crippen LogP contribution in [0.3, 0.4) is 0 Å². The van der Waals surface area contributed by atoms with Crippen molar-refractivity contribution in [1.82, 2.24) is 4.98 Å². The third kappa shape index (κ3) is 5.02. The Labute approximate surface area is 277 Å². The van der Waals surface area contributed by atoms with Crippen LogP contribution in [0.15, 0.2) is 120 Å². The summed E-state index contributed by atoms with van der Waals surface area (Å²) in [6.07, 6.45) is 1.95. The van der Waals surface area contributed by atoms with Gasteiger partial charge in [-0.25, -0.2) is 0 Å². The zero-order valence-corrected chi connectivity index (χ0v) is 28.3. The van der Waals surface area contributed by atoms with Crippen molar-refractivity contribution in [2.24, 2.45) is 0 Å². The molecule has 0 N–H and O–H groups in total. The number of nitrogens with zero attached hydrogens (tertiary/aromatic N) is 3. The molecule has 0 unspecified atom stereocenters. The van der Waals surface area contributed by atoms with Crippen molar-refractivity contribution in [1.29, 1.82) is 0 Å². The highest BCUT2D eigenvalue weighted by Crippen LogP contribution is 2.45. The molecule has 1 aliphatic heterocycles. The minimum absolute atomic E-state index is 0.0237. The molecule has 1 aliphatic rings. The Morgan fingerprint density at radius 3 is 2.30 bits per heavy atom. The summed E-state index contributed by atoms with van der Waals surface area (Å²) in [6.45, 7) is 11.9. The van der Waals surface area contributed by atoms with Crippen LogP contribution in [0.4, 0.5) is 11.4 Å². The Morgan fingerprint density at radius 2 is 1.50 bits per heavy atom. The highest BCUT2D eigenvalue weighted by molar-refractivity contribution is 7.21. The molecule has 6 heteroatoms. The van der Waals surface area contributed by atoms with Gasteiger partial charge >= 0.3 is 0 Å². The summed E-state index contributed by atoms with van der Waals surface area (Å²) >= 11 is 3.47. The standard InChI is InChI=1S/C40H35N3OS2/c1-25-26(2)43(24-42(25)30-10-7-6-8-11-30)31-12-9-13-32(21-31)44-38-23-34-37(46-38)19-28-18-27-15-17-45-36(27)22-33(28)39(34)35-20-29(14-16-41-35)40(3,4)5/h6-23H,24H2,1-5H3. The van der Waals surface area contributed by atoms with E-state index in [2.05, 4.69) is 141 Å². The fraction of sp³-hybridized carbons (Fsp3) is 0.175. The number of allylic oxidation sites excluding steroid dienone is 2. The first kappa shape index (κ1) is 28.8. The van der Waals surface area contributed by atoms with Crippen LogP contribution in [0, 0.1) is 0 Å². The Morgan fingerprint density at radius 1 is 0.717 bits per heavy atom. The summed E-state index contributed by atoms with van der Waals surface area (Å²) in [6, 6.07) is 34.8. The van der Waals surface area contributed by atoms with E-state index in [9.17, 15) is 0 Å². The van der Waals surface area contributed by atoms with E-state index in [1.165, 1.54) is 59.2 Å². The van der Waals surface area contributed by atoms with Crippen molar-refractivity contribution in [3.63, 3.8) is 0 Å². The average Bonchev–Trinajstić information content (AvgIpc) is 3.76. The molecule has 46 heavy (non-hydrogen) atoms. The summed E-state index contributed by atoms with van der Waals surface area (Å²) in [5.74, 6) is 0.826. The quantitative estimate of drug-likeness (QED) is 0.188. The summed E-state index contributed by atoms with van der Waals surface area (Å²) in [5.41, 5.74) is 8.28. The molecular formula is C40H35N3OS2. The van der Waals surface area contributed by atoms with E-state index in [4.69, 9.17) is 9.72 Å². The number of para-hydroxylation sites is 1. The van der Waals surface area contributed by atoms with Gasteiger partial charge in [0.1, 0.15) is 5.75 Å². The maximum atomic E-state index is 6.64. The van der Waals surface area contributed by atoms with Gasteiger partial charge in [0.2, 0.25) is 0 Å². The SMILES string of the molecule is CC1=C(C)N(c2cccc(Oc3cc4c(-c5cc(C(C)(C)C)ccn5)c5cc6sccc6cc5cc4s3)c2)CN1c1ccccc1. The van der Waals surface area contributed by atoms with Crippen LogP contribution < -0.4 is 14.5 Å². The van der Waals surface area contributed by atoms with Crippen molar-refractivity contribution in [2.45, 2.75) is 40.0 Å². The number of fused-ring (bicyclic) bond motifs is 3. The molecule has 0 atom stereocenters. The molecule has 0 spiro atoms. The van der Waals surface area contributed by atoms with Crippen molar-refractivity contribution < 1.29 is 4.74 Å². The van der Waals surface area contributed by atoms with Crippen molar-refractivity contribution in [3.05, 3.63) is 126 Å². The van der Waals surface area contributed by atoms with E-state index in [-0.39, 0.29) is 5.41 Å². The summed E-state index contributed by atoms with van der Waals surface area (Å²) in [4.78, 5) is 9.64.